The number of aryl methyl sites for hydroxylation is 1. The van der Waals surface area contributed by atoms with Crippen molar-refractivity contribution in [1.82, 2.24) is 5.32 Å². The normalized spacial score (nSPS) is 24.6. The molecule has 1 aliphatic rings. The molecular weight excluding hydrogens is 242 g/mol. The standard InChI is InChI=1S/C15H23NOS/c1-11(9-17)10-18-14-8-7-12-5-3-4-6-13(12)15(14)16-2/h3-6,11,14-17H,7-10H2,1-2H3. The van der Waals surface area contributed by atoms with Crippen LogP contribution in [0.15, 0.2) is 24.3 Å². The number of rotatable bonds is 5. The zero-order valence-corrected chi connectivity index (χ0v) is 12.0. The summed E-state index contributed by atoms with van der Waals surface area (Å²) in [6, 6.07) is 9.21. The van der Waals surface area contributed by atoms with E-state index in [4.69, 9.17) is 5.11 Å². The fourth-order valence-corrected chi connectivity index (χ4v) is 4.03. The second-order valence-corrected chi connectivity index (χ2v) is 6.44. The number of nitrogens with one attached hydrogen (secondary N) is 1. The zero-order chi connectivity index (χ0) is 13.0. The molecule has 0 spiro atoms. The van der Waals surface area contributed by atoms with Gasteiger partial charge in [-0.05, 0) is 42.7 Å². The number of aliphatic hydroxyl groups is 1. The first-order valence-electron chi connectivity index (χ1n) is 6.73. The summed E-state index contributed by atoms with van der Waals surface area (Å²) in [5.74, 6) is 1.44. The van der Waals surface area contributed by atoms with E-state index in [1.807, 2.05) is 11.8 Å². The van der Waals surface area contributed by atoms with Gasteiger partial charge >= 0.3 is 0 Å². The van der Waals surface area contributed by atoms with Crippen LogP contribution in [0.5, 0.6) is 0 Å². The van der Waals surface area contributed by atoms with Gasteiger partial charge in [-0.15, -0.1) is 0 Å². The van der Waals surface area contributed by atoms with Crippen LogP contribution in [0.4, 0.5) is 0 Å². The first-order valence-corrected chi connectivity index (χ1v) is 7.78. The highest BCUT2D eigenvalue weighted by Gasteiger charge is 2.28. The van der Waals surface area contributed by atoms with Crippen LogP contribution in [0.1, 0.15) is 30.5 Å². The van der Waals surface area contributed by atoms with Crippen LogP contribution in [-0.2, 0) is 6.42 Å². The van der Waals surface area contributed by atoms with E-state index in [1.165, 1.54) is 24.0 Å². The van der Waals surface area contributed by atoms with Crippen LogP contribution < -0.4 is 5.32 Å². The van der Waals surface area contributed by atoms with Crippen LogP contribution in [-0.4, -0.2) is 29.8 Å². The summed E-state index contributed by atoms with van der Waals surface area (Å²) in [4.78, 5) is 0. The minimum Gasteiger partial charge on any atom is -0.396 e. The molecule has 2 rings (SSSR count). The summed E-state index contributed by atoms with van der Waals surface area (Å²) in [6.45, 7) is 2.40. The second kappa shape index (κ2) is 6.60. The Balaban J connectivity index is 2.06. The van der Waals surface area contributed by atoms with E-state index in [1.54, 1.807) is 0 Å². The van der Waals surface area contributed by atoms with Crippen molar-refractivity contribution in [3.8, 4) is 0 Å². The Morgan fingerprint density at radius 2 is 2.22 bits per heavy atom. The number of aliphatic hydroxyl groups excluding tert-OH is 1. The number of hydrogen-bond acceptors (Lipinski definition) is 3. The van der Waals surface area contributed by atoms with Gasteiger partial charge < -0.3 is 10.4 Å². The van der Waals surface area contributed by atoms with Gasteiger partial charge in [0.05, 0.1) is 0 Å². The fourth-order valence-electron chi connectivity index (χ4n) is 2.59. The van der Waals surface area contributed by atoms with Crippen molar-refractivity contribution in [3.05, 3.63) is 35.4 Å². The number of hydrogen-bond donors (Lipinski definition) is 2. The summed E-state index contributed by atoms with van der Waals surface area (Å²) >= 11 is 2.00. The highest BCUT2D eigenvalue weighted by Crippen LogP contribution is 2.37. The summed E-state index contributed by atoms with van der Waals surface area (Å²) in [7, 11) is 2.05. The second-order valence-electron chi connectivity index (χ2n) is 5.16. The average Bonchev–Trinajstić information content (AvgIpc) is 2.43. The molecule has 0 heterocycles. The lowest BCUT2D eigenvalue weighted by Gasteiger charge is -2.33. The highest BCUT2D eigenvalue weighted by molar-refractivity contribution is 7.99. The molecule has 18 heavy (non-hydrogen) atoms. The van der Waals surface area contributed by atoms with Crippen molar-refractivity contribution in [2.45, 2.75) is 31.1 Å². The Bertz CT molecular complexity index is 383. The minimum absolute atomic E-state index is 0.292. The van der Waals surface area contributed by atoms with E-state index in [9.17, 15) is 0 Å². The van der Waals surface area contributed by atoms with Gasteiger partial charge in [-0.1, -0.05) is 31.2 Å². The lowest BCUT2D eigenvalue weighted by Crippen LogP contribution is -2.32. The molecule has 1 aromatic carbocycles. The van der Waals surface area contributed by atoms with Gasteiger partial charge in [-0.3, -0.25) is 0 Å². The highest BCUT2D eigenvalue weighted by atomic mass is 32.2. The van der Waals surface area contributed by atoms with Gasteiger partial charge in [-0.25, -0.2) is 0 Å². The Morgan fingerprint density at radius 3 is 2.94 bits per heavy atom. The molecule has 2 nitrogen and oxygen atoms in total. The maximum Gasteiger partial charge on any atom is 0.0464 e. The van der Waals surface area contributed by atoms with E-state index >= 15 is 0 Å². The number of thioether (sulfide) groups is 1. The Labute approximate surface area is 114 Å². The molecule has 0 bridgehead atoms. The topological polar surface area (TPSA) is 32.3 Å². The number of fused-ring (bicyclic) bond motifs is 1. The molecule has 0 aliphatic heterocycles. The van der Waals surface area contributed by atoms with Gasteiger partial charge in [0.1, 0.15) is 0 Å². The largest absolute Gasteiger partial charge is 0.396 e. The van der Waals surface area contributed by atoms with E-state index in [0.29, 0.717) is 23.8 Å². The van der Waals surface area contributed by atoms with Crippen LogP contribution >= 0.6 is 11.8 Å². The Morgan fingerprint density at radius 1 is 1.44 bits per heavy atom. The molecule has 3 unspecified atom stereocenters. The van der Waals surface area contributed by atoms with Crippen LogP contribution in [0.2, 0.25) is 0 Å². The molecule has 1 aliphatic carbocycles. The SMILES string of the molecule is CNC1c2ccccc2CCC1SCC(C)CO. The summed E-state index contributed by atoms with van der Waals surface area (Å²) < 4.78 is 0. The molecule has 0 aromatic heterocycles. The fraction of sp³-hybridized carbons (Fsp3) is 0.600. The molecule has 1 aromatic rings. The molecule has 0 saturated carbocycles. The van der Waals surface area contributed by atoms with Gasteiger partial charge in [0, 0.05) is 17.9 Å². The minimum atomic E-state index is 0.292. The molecular formula is C15H23NOS. The Kier molecular flexibility index (Phi) is 5.10. The monoisotopic (exact) mass is 265 g/mol. The first-order chi connectivity index (χ1) is 8.76. The number of benzene rings is 1. The molecule has 3 atom stereocenters. The van der Waals surface area contributed by atoms with Crippen LogP contribution in [0, 0.1) is 5.92 Å². The summed E-state index contributed by atoms with van der Waals surface area (Å²) in [5.41, 5.74) is 2.95. The van der Waals surface area contributed by atoms with Crippen LogP contribution in [0.3, 0.4) is 0 Å². The van der Waals surface area contributed by atoms with E-state index in [0.717, 1.165) is 5.75 Å². The van der Waals surface area contributed by atoms with E-state index in [-0.39, 0.29) is 0 Å². The van der Waals surface area contributed by atoms with Gasteiger partial charge in [0.25, 0.3) is 0 Å². The van der Waals surface area contributed by atoms with Gasteiger partial charge in [-0.2, -0.15) is 11.8 Å². The molecule has 100 valence electrons. The third-order valence-electron chi connectivity index (χ3n) is 3.68. The Hall–Kier alpha value is -0.510. The quantitative estimate of drug-likeness (QED) is 0.858. The molecule has 0 radical (unpaired) electrons. The van der Waals surface area contributed by atoms with Crippen molar-refractivity contribution in [1.29, 1.82) is 0 Å². The predicted molar refractivity (Wildman–Crippen MR) is 79.1 cm³/mol. The van der Waals surface area contributed by atoms with Gasteiger partial charge in [0.2, 0.25) is 0 Å². The van der Waals surface area contributed by atoms with Crippen molar-refractivity contribution < 1.29 is 5.11 Å². The van der Waals surface area contributed by atoms with Crippen molar-refractivity contribution in [2.24, 2.45) is 5.92 Å². The maximum atomic E-state index is 9.12. The molecule has 2 N–H and O–H groups in total. The van der Waals surface area contributed by atoms with Crippen molar-refractivity contribution >= 4 is 11.8 Å². The van der Waals surface area contributed by atoms with Crippen molar-refractivity contribution in [2.75, 3.05) is 19.4 Å². The van der Waals surface area contributed by atoms with Gasteiger partial charge in [0.15, 0.2) is 0 Å². The van der Waals surface area contributed by atoms with Crippen molar-refractivity contribution in [3.63, 3.8) is 0 Å². The predicted octanol–water partition coefficient (Wildman–Crippen LogP) is 2.62. The maximum absolute atomic E-state index is 9.12. The van der Waals surface area contributed by atoms with E-state index in [2.05, 4.69) is 43.6 Å². The molecule has 0 amide bonds. The molecule has 3 heteroatoms. The third-order valence-corrected chi connectivity index (χ3v) is 5.38. The van der Waals surface area contributed by atoms with Crippen LogP contribution in [0.25, 0.3) is 0 Å². The average molecular weight is 265 g/mol. The summed E-state index contributed by atoms with van der Waals surface area (Å²) in [6.07, 6.45) is 2.41. The summed E-state index contributed by atoms with van der Waals surface area (Å²) in [5, 5.41) is 13.2. The van der Waals surface area contributed by atoms with E-state index < -0.39 is 0 Å². The lowest BCUT2D eigenvalue weighted by atomic mass is 9.87. The lowest BCUT2D eigenvalue weighted by molar-refractivity contribution is 0.250. The third kappa shape index (κ3) is 3.08. The molecule has 0 fully saturated rings. The molecule has 0 saturated heterocycles. The smallest absolute Gasteiger partial charge is 0.0464 e. The zero-order valence-electron chi connectivity index (χ0n) is 11.2. The first kappa shape index (κ1) is 13.9.